The molecule has 0 aliphatic carbocycles. The Labute approximate surface area is 181 Å². The first-order valence-corrected chi connectivity index (χ1v) is 9.99. The summed E-state index contributed by atoms with van der Waals surface area (Å²) in [5.74, 6) is -0.983. The molecule has 1 aliphatic rings. The highest BCUT2D eigenvalue weighted by Crippen LogP contribution is 2.42. The largest absolute Gasteiger partial charge is 0.507 e. The van der Waals surface area contributed by atoms with Gasteiger partial charge in [-0.2, -0.15) is 0 Å². The van der Waals surface area contributed by atoms with Crippen molar-refractivity contribution in [2.75, 3.05) is 12.0 Å². The van der Waals surface area contributed by atoms with Crippen molar-refractivity contribution < 1.29 is 19.4 Å². The van der Waals surface area contributed by atoms with Crippen molar-refractivity contribution in [1.82, 2.24) is 0 Å². The van der Waals surface area contributed by atoms with E-state index >= 15 is 0 Å². The van der Waals surface area contributed by atoms with Gasteiger partial charge in [0.2, 0.25) is 0 Å². The van der Waals surface area contributed by atoms with E-state index in [4.69, 9.17) is 4.74 Å². The van der Waals surface area contributed by atoms with E-state index < -0.39 is 17.7 Å². The van der Waals surface area contributed by atoms with Gasteiger partial charge in [0.05, 0.1) is 18.7 Å². The molecule has 1 atom stereocenters. The second-order valence-corrected chi connectivity index (χ2v) is 7.65. The monoisotopic (exact) mass is 413 g/mol. The molecule has 1 amide bonds. The molecule has 31 heavy (non-hydrogen) atoms. The van der Waals surface area contributed by atoms with Crippen LogP contribution < -0.4 is 9.64 Å². The number of carbonyl (C=O) groups is 2. The molecule has 1 N–H and O–H groups in total. The lowest BCUT2D eigenvalue weighted by Gasteiger charge is -2.26. The van der Waals surface area contributed by atoms with Crippen LogP contribution in [0.15, 0.2) is 78.4 Å². The molecule has 1 saturated heterocycles. The average Bonchev–Trinajstić information content (AvgIpc) is 3.04. The van der Waals surface area contributed by atoms with Gasteiger partial charge in [-0.05, 0) is 49.2 Å². The Morgan fingerprint density at radius 1 is 0.903 bits per heavy atom. The lowest BCUT2D eigenvalue weighted by Crippen LogP contribution is -2.29. The van der Waals surface area contributed by atoms with Crippen LogP contribution in [0.25, 0.3) is 5.76 Å². The first kappa shape index (κ1) is 20.4. The number of carbonyl (C=O) groups excluding carboxylic acids is 2. The molecular weight excluding hydrogens is 390 g/mol. The van der Waals surface area contributed by atoms with Crippen LogP contribution in [0, 0.1) is 13.8 Å². The standard InChI is InChI=1S/C26H23NO4/c1-16-10-12-18(13-11-16)24(28)22-23(19-7-5-9-21(15-19)31-3)27(26(30)25(22)29)20-8-4-6-17(2)14-20/h4-15,23,28H,1-3H3/b24-22+. The molecule has 1 heterocycles. The lowest BCUT2D eigenvalue weighted by atomic mass is 9.94. The maximum Gasteiger partial charge on any atom is 0.300 e. The maximum atomic E-state index is 13.2. The van der Waals surface area contributed by atoms with Crippen molar-refractivity contribution in [2.45, 2.75) is 19.9 Å². The smallest absolute Gasteiger partial charge is 0.300 e. The van der Waals surface area contributed by atoms with Crippen molar-refractivity contribution in [3.63, 3.8) is 0 Å². The number of hydrogen-bond donors (Lipinski definition) is 1. The molecule has 0 spiro atoms. The zero-order valence-electron chi connectivity index (χ0n) is 17.6. The van der Waals surface area contributed by atoms with Gasteiger partial charge in [-0.25, -0.2) is 0 Å². The number of methoxy groups -OCH3 is 1. The molecule has 1 fully saturated rings. The summed E-state index contributed by atoms with van der Waals surface area (Å²) in [7, 11) is 1.56. The Morgan fingerprint density at radius 3 is 2.29 bits per heavy atom. The van der Waals surface area contributed by atoms with E-state index in [1.807, 2.05) is 50.2 Å². The number of anilines is 1. The third-order valence-corrected chi connectivity index (χ3v) is 5.46. The fourth-order valence-corrected chi connectivity index (χ4v) is 3.87. The molecule has 4 rings (SSSR count). The Morgan fingerprint density at radius 2 is 1.61 bits per heavy atom. The number of ketones is 1. The number of aryl methyl sites for hydroxylation is 2. The number of aliphatic hydroxyl groups is 1. The van der Waals surface area contributed by atoms with E-state index in [9.17, 15) is 14.7 Å². The molecule has 156 valence electrons. The van der Waals surface area contributed by atoms with E-state index in [0.29, 0.717) is 22.6 Å². The van der Waals surface area contributed by atoms with Gasteiger partial charge in [-0.1, -0.05) is 54.1 Å². The minimum atomic E-state index is -0.779. The van der Waals surface area contributed by atoms with Crippen LogP contribution >= 0.6 is 0 Å². The number of hydrogen-bond acceptors (Lipinski definition) is 4. The SMILES string of the molecule is COc1cccc(C2/C(=C(\O)c3ccc(C)cc3)C(=O)C(=O)N2c2cccc(C)c2)c1. The van der Waals surface area contributed by atoms with Crippen molar-refractivity contribution >= 4 is 23.1 Å². The van der Waals surface area contributed by atoms with Crippen LogP contribution in [0.5, 0.6) is 5.75 Å². The fraction of sp³-hybridized carbons (Fsp3) is 0.154. The first-order chi connectivity index (χ1) is 14.9. The van der Waals surface area contributed by atoms with Gasteiger partial charge in [0.1, 0.15) is 11.5 Å². The summed E-state index contributed by atoms with van der Waals surface area (Å²) in [5.41, 5.74) is 3.80. The number of Topliss-reactive ketones (excluding diaryl/α,β-unsaturated/α-hetero) is 1. The van der Waals surface area contributed by atoms with E-state index in [0.717, 1.165) is 11.1 Å². The van der Waals surface area contributed by atoms with Gasteiger partial charge < -0.3 is 9.84 Å². The molecule has 0 aromatic heterocycles. The predicted molar refractivity (Wildman–Crippen MR) is 120 cm³/mol. The summed E-state index contributed by atoms with van der Waals surface area (Å²) >= 11 is 0. The van der Waals surface area contributed by atoms with Crippen LogP contribution in [0.2, 0.25) is 0 Å². The van der Waals surface area contributed by atoms with Crippen LogP contribution in [0.3, 0.4) is 0 Å². The van der Waals surface area contributed by atoms with E-state index in [1.54, 1.807) is 43.5 Å². The molecule has 0 bridgehead atoms. The summed E-state index contributed by atoms with van der Waals surface area (Å²) in [6.07, 6.45) is 0. The van der Waals surface area contributed by atoms with Crippen molar-refractivity contribution in [1.29, 1.82) is 0 Å². The van der Waals surface area contributed by atoms with Gasteiger partial charge in [0.25, 0.3) is 11.7 Å². The molecule has 1 aliphatic heterocycles. The second kappa shape index (κ2) is 8.11. The Bertz CT molecular complexity index is 1190. The molecule has 0 saturated carbocycles. The van der Waals surface area contributed by atoms with E-state index in [2.05, 4.69) is 0 Å². The molecule has 5 heteroatoms. The average molecular weight is 413 g/mol. The maximum absolute atomic E-state index is 13.2. The Kier molecular flexibility index (Phi) is 5.34. The summed E-state index contributed by atoms with van der Waals surface area (Å²) in [6, 6.07) is 21.0. The fourth-order valence-electron chi connectivity index (χ4n) is 3.87. The zero-order chi connectivity index (χ0) is 22.1. The Balaban J connectivity index is 1.96. The normalized spacial score (nSPS) is 17.8. The molecule has 5 nitrogen and oxygen atoms in total. The minimum absolute atomic E-state index is 0.0589. The van der Waals surface area contributed by atoms with Gasteiger partial charge >= 0.3 is 0 Å². The highest BCUT2D eigenvalue weighted by molar-refractivity contribution is 6.51. The number of rotatable bonds is 4. The lowest BCUT2D eigenvalue weighted by molar-refractivity contribution is -0.132. The third-order valence-electron chi connectivity index (χ3n) is 5.46. The quantitative estimate of drug-likeness (QED) is 0.374. The summed E-state index contributed by atoms with van der Waals surface area (Å²) < 4.78 is 5.35. The van der Waals surface area contributed by atoms with Crippen molar-refractivity contribution in [3.05, 3.63) is 101 Å². The van der Waals surface area contributed by atoms with Gasteiger partial charge in [0.15, 0.2) is 0 Å². The van der Waals surface area contributed by atoms with Crippen LogP contribution in [0.4, 0.5) is 5.69 Å². The highest BCUT2D eigenvalue weighted by atomic mass is 16.5. The predicted octanol–water partition coefficient (Wildman–Crippen LogP) is 4.94. The van der Waals surface area contributed by atoms with Gasteiger partial charge in [-0.15, -0.1) is 0 Å². The summed E-state index contributed by atoms with van der Waals surface area (Å²) in [4.78, 5) is 27.8. The molecule has 0 radical (unpaired) electrons. The second-order valence-electron chi connectivity index (χ2n) is 7.65. The van der Waals surface area contributed by atoms with Crippen molar-refractivity contribution in [3.8, 4) is 5.75 Å². The first-order valence-electron chi connectivity index (χ1n) is 9.99. The van der Waals surface area contributed by atoms with E-state index in [1.165, 1.54) is 4.90 Å². The molecule has 3 aromatic rings. The van der Waals surface area contributed by atoms with Gasteiger partial charge in [-0.3, -0.25) is 14.5 Å². The number of benzene rings is 3. The highest BCUT2D eigenvalue weighted by Gasteiger charge is 2.47. The number of nitrogens with zero attached hydrogens (tertiary/aromatic N) is 1. The molecule has 3 aromatic carbocycles. The van der Waals surface area contributed by atoms with Crippen LogP contribution in [-0.4, -0.2) is 23.9 Å². The topological polar surface area (TPSA) is 66.8 Å². The number of aliphatic hydroxyl groups excluding tert-OH is 1. The third kappa shape index (κ3) is 3.70. The molecule has 1 unspecified atom stereocenters. The zero-order valence-corrected chi connectivity index (χ0v) is 17.6. The number of amides is 1. The summed E-state index contributed by atoms with van der Waals surface area (Å²) in [5, 5.41) is 11.1. The minimum Gasteiger partial charge on any atom is -0.507 e. The number of ether oxygens (including phenoxy) is 1. The Hall–Kier alpha value is -3.86. The van der Waals surface area contributed by atoms with Crippen LogP contribution in [0.1, 0.15) is 28.3 Å². The van der Waals surface area contributed by atoms with E-state index in [-0.39, 0.29) is 11.3 Å². The molecular formula is C26H23NO4. The van der Waals surface area contributed by atoms with Crippen LogP contribution in [-0.2, 0) is 9.59 Å². The summed E-state index contributed by atoms with van der Waals surface area (Å²) in [6.45, 7) is 3.86. The van der Waals surface area contributed by atoms with Gasteiger partial charge in [0, 0.05) is 11.3 Å². The van der Waals surface area contributed by atoms with Crippen molar-refractivity contribution in [2.24, 2.45) is 0 Å².